The van der Waals surface area contributed by atoms with Gasteiger partial charge in [0.25, 0.3) is 0 Å². The summed E-state index contributed by atoms with van der Waals surface area (Å²) in [7, 11) is -3.32. The van der Waals surface area contributed by atoms with Gasteiger partial charge in [-0.2, -0.15) is 4.98 Å². The smallest absolute Gasteiger partial charge is 0.407 e. The van der Waals surface area contributed by atoms with E-state index in [-0.39, 0.29) is 29.6 Å². The zero-order valence-corrected chi connectivity index (χ0v) is 19.6. The Morgan fingerprint density at radius 1 is 1.15 bits per heavy atom. The van der Waals surface area contributed by atoms with Crippen molar-refractivity contribution in [3.05, 3.63) is 65.8 Å². The minimum absolute atomic E-state index is 0.0939. The van der Waals surface area contributed by atoms with Crippen molar-refractivity contribution in [3.8, 4) is 11.4 Å². The SMILES string of the molecule is CC(C)(C)OC(=O)NCC(Cc1nc(-c2ccc(S(C)(=O)=O)cc2)no1)c1ccccc1F. The summed E-state index contributed by atoms with van der Waals surface area (Å²) >= 11 is 0. The normalized spacial score (nSPS) is 12.9. The minimum Gasteiger partial charge on any atom is -0.444 e. The van der Waals surface area contributed by atoms with E-state index in [0.717, 1.165) is 6.26 Å². The zero-order valence-electron chi connectivity index (χ0n) is 18.8. The van der Waals surface area contributed by atoms with E-state index in [1.807, 2.05) is 0 Å². The highest BCUT2D eigenvalue weighted by molar-refractivity contribution is 7.90. The maximum atomic E-state index is 14.5. The van der Waals surface area contributed by atoms with Gasteiger partial charge in [0.05, 0.1) is 4.90 Å². The van der Waals surface area contributed by atoms with E-state index in [2.05, 4.69) is 15.5 Å². The van der Waals surface area contributed by atoms with Gasteiger partial charge in [0, 0.05) is 30.7 Å². The minimum atomic E-state index is -3.32. The summed E-state index contributed by atoms with van der Waals surface area (Å²) in [5.74, 6) is -0.377. The number of hydrogen-bond donors (Lipinski definition) is 1. The predicted molar refractivity (Wildman–Crippen MR) is 120 cm³/mol. The van der Waals surface area contributed by atoms with E-state index in [4.69, 9.17) is 9.26 Å². The lowest BCUT2D eigenvalue weighted by Crippen LogP contribution is -2.35. The number of halogens is 1. The average Bonchev–Trinajstić information content (AvgIpc) is 3.18. The molecule has 0 spiro atoms. The Balaban J connectivity index is 1.78. The number of sulfone groups is 1. The molecule has 0 fully saturated rings. The standard InChI is InChI=1S/C23H26FN3O5S/c1-23(2,3)31-22(28)25-14-16(18-7-5-6-8-19(18)24)13-20-26-21(27-32-20)15-9-11-17(12-10-15)33(4,29)30/h5-12,16H,13-14H2,1-4H3,(H,25,28). The summed E-state index contributed by atoms with van der Waals surface area (Å²) in [6, 6.07) is 12.4. The molecular formula is C23H26FN3O5S. The maximum absolute atomic E-state index is 14.5. The summed E-state index contributed by atoms with van der Waals surface area (Å²) < 4.78 is 48.4. The summed E-state index contributed by atoms with van der Waals surface area (Å²) in [6.07, 6.45) is 0.689. The van der Waals surface area contributed by atoms with E-state index in [9.17, 15) is 17.6 Å². The second kappa shape index (κ2) is 9.70. The fourth-order valence-electron chi connectivity index (χ4n) is 3.14. The number of carbonyl (C=O) groups excluding carboxylic acids is 1. The van der Waals surface area contributed by atoms with E-state index in [1.54, 1.807) is 51.1 Å². The number of nitrogens with zero attached hydrogens (tertiary/aromatic N) is 2. The van der Waals surface area contributed by atoms with Crippen molar-refractivity contribution in [1.82, 2.24) is 15.5 Å². The molecule has 8 nitrogen and oxygen atoms in total. The van der Waals surface area contributed by atoms with Gasteiger partial charge in [-0.05, 0) is 56.7 Å². The third-order valence-electron chi connectivity index (χ3n) is 4.67. The van der Waals surface area contributed by atoms with Crippen LogP contribution in [0.5, 0.6) is 0 Å². The van der Waals surface area contributed by atoms with Gasteiger partial charge in [-0.3, -0.25) is 0 Å². The van der Waals surface area contributed by atoms with Gasteiger partial charge in [-0.15, -0.1) is 0 Å². The van der Waals surface area contributed by atoms with E-state index in [1.165, 1.54) is 18.2 Å². The van der Waals surface area contributed by atoms with E-state index < -0.39 is 33.3 Å². The molecule has 1 unspecified atom stereocenters. The molecule has 1 heterocycles. The summed E-state index contributed by atoms with van der Waals surface area (Å²) in [5.41, 5.74) is 0.309. The highest BCUT2D eigenvalue weighted by atomic mass is 32.2. The van der Waals surface area contributed by atoms with E-state index in [0.29, 0.717) is 11.1 Å². The first-order valence-corrected chi connectivity index (χ1v) is 12.2. The largest absolute Gasteiger partial charge is 0.444 e. The lowest BCUT2D eigenvalue weighted by Gasteiger charge is -2.22. The number of ether oxygens (including phenoxy) is 1. The fourth-order valence-corrected chi connectivity index (χ4v) is 3.77. The topological polar surface area (TPSA) is 111 Å². The van der Waals surface area contributed by atoms with Crippen molar-refractivity contribution in [2.75, 3.05) is 12.8 Å². The van der Waals surface area contributed by atoms with Crippen LogP contribution in [0, 0.1) is 5.82 Å². The predicted octanol–water partition coefficient (Wildman–Crippen LogP) is 4.13. The number of alkyl carbamates (subject to hydrolysis) is 1. The van der Waals surface area contributed by atoms with Gasteiger partial charge in [-0.25, -0.2) is 17.6 Å². The molecule has 0 aliphatic carbocycles. The lowest BCUT2D eigenvalue weighted by molar-refractivity contribution is 0.0523. The van der Waals surface area contributed by atoms with Crippen LogP contribution in [0.4, 0.5) is 9.18 Å². The Morgan fingerprint density at radius 3 is 2.42 bits per heavy atom. The Labute approximate surface area is 192 Å². The number of carbonyl (C=O) groups is 1. The molecule has 0 aliphatic heterocycles. The molecule has 0 bridgehead atoms. The molecule has 176 valence electrons. The molecule has 0 saturated carbocycles. The third kappa shape index (κ3) is 6.85. The van der Waals surface area contributed by atoms with Gasteiger partial charge in [0.1, 0.15) is 11.4 Å². The van der Waals surface area contributed by atoms with Crippen LogP contribution >= 0.6 is 0 Å². The first-order chi connectivity index (χ1) is 15.4. The summed E-state index contributed by atoms with van der Waals surface area (Å²) in [6.45, 7) is 5.35. The van der Waals surface area contributed by atoms with Crippen LogP contribution in [0.15, 0.2) is 57.9 Å². The molecule has 1 N–H and O–H groups in total. The first kappa shape index (κ1) is 24.4. The molecule has 1 atom stereocenters. The third-order valence-corrected chi connectivity index (χ3v) is 5.79. The molecule has 2 aromatic carbocycles. The Kier molecular flexibility index (Phi) is 7.16. The van der Waals surface area contributed by atoms with Gasteiger partial charge >= 0.3 is 6.09 Å². The number of amides is 1. The molecular weight excluding hydrogens is 449 g/mol. The van der Waals surface area contributed by atoms with Crippen molar-refractivity contribution in [3.63, 3.8) is 0 Å². The van der Waals surface area contributed by atoms with Gasteiger partial charge in [-0.1, -0.05) is 23.4 Å². The highest BCUT2D eigenvalue weighted by Gasteiger charge is 2.23. The van der Waals surface area contributed by atoms with Crippen LogP contribution in [-0.2, 0) is 21.0 Å². The lowest BCUT2D eigenvalue weighted by atomic mass is 9.95. The van der Waals surface area contributed by atoms with Gasteiger partial charge < -0.3 is 14.6 Å². The van der Waals surface area contributed by atoms with Gasteiger partial charge in [0.15, 0.2) is 9.84 Å². The molecule has 33 heavy (non-hydrogen) atoms. The second-order valence-electron chi connectivity index (χ2n) is 8.61. The first-order valence-electron chi connectivity index (χ1n) is 10.3. The molecule has 0 saturated heterocycles. The van der Waals surface area contributed by atoms with Crippen molar-refractivity contribution < 1.29 is 26.9 Å². The number of nitrogens with one attached hydrogen (secondary N) is 1. The number of rotatable bonds is 7. The number of aromatic nitrogens is 2. The second-order valence-corrected chi connectivity index (χ2v) is 10.6. The van der Waals surface area contributed by atoms with Crippen molar-refractivity contribution >= 4 is 15.9 Å². The summed E-state index contributed by atoms with van der Waals surface area (Å²) in [5, 5.41) is 6.62. The van der Waals surface area contributed by atoms with Crippen molar-refractivity contribution in [2.45, 2.75) is 43.6 Å². The van der Waals surface area contributed by atoms with E-state index >= 15 is 0 Å². The molecule has 0 radical (unpaired) electrons. The number of benzene rings is 2. The molecule has 3 aromatic rings. The Bertz CT molecular complexity index is 1220. The Morgan fingerprint density at radius 2 is 1.82 bits per heavy atom. The van der Waals surface area contributed by atoms with Gasteiger partial charge in [0.2, 0.25) is 11.7 Å². The van der Waals surface area contributed by atoms with Crippen LogP contribution in [0.3, 0.4) is 0 Å². The maximum Gasteiger partial charge on any atom is 0.407 e. The van der Waals surface area contributed by atoms with Crippen LogP contribution in [0.25, 0.3) is 11.4 Å². The van der Waals surface area contributed by atoms with Crippen LogP contribution < -0.4 is 5.32 Å². The molecule has 3 rings (SSSR count). The van der Waals surface area contributed by atoms with Crippen LogP contribution in [-0.4, -0.2) is 43.1 Å². The Hall–Kier alpha value is -3.27. The molecule has 0 aliphatic rings. The number of hydrogen-bond acceptors (Lipinski definition) is 7. The monoisotopic (exact) mass is 475 g/mol. The van der Waals surface area contributed by atoms with Crippen molar-refractivity contribution in [1.29, 1.82) is 0 Å². The molecule has 10 heteroatoms. The van der Waals surface area contributed by atoms with Crippen molar-refractivity contribution in [2.24, 2.45) is 0 Å². The average molecular weight is 476 g/mol. The summed E-state index contributed by atoms with van der Waals surface area (Å²) in [4.78, 5) is 16.6. The van der Waals surface area contributed by atoms with Crippen LogP contribution in [0.2, 0.25) is 0 Å². The fraction of sp³-hybridized carbons (Fsp3) is 0.348. The molecule has 1 aromatic heterocycles. The van der Waals surface area contributed by atoms with Crippen LogP contribution in [0.1, 0.15) is 38.1 Å². The molecule has 1 amide bonds. The zero-order chi connectivity index (χ0) is 24.2. The quantitative estimate of drug-likeness (QED) is 0.547. The highest BCUT2D eigenvalue weighted by Crippen LogP contribution is 2.25.